The average molecular weight is 426 g/mol. The summed E-state index contributed by atoms with van der Waals surface area (Å²) in [4.78, 5) is 25.6. The van der Waals surface area contributed by atoms with Crippen LogP contribution >= 0.6 is 22.9 Å². The topological polar surface area (TPSA) is 76.3 Å². The molecule has 0 spiro atoms. The highest BCUT2D eigenvalue weighted by molar-refractivity contribution is 7.18. The molecule has 0 atom stereocenters. The van der Waals surface area contributed by atoms with E-state index in [9.17, 15) is 9.59 Å². The van der Waals surface area contributed by atoms with Gasteiger partial charge in [-0.25, -0.2) is 0 Å². The van der Waals surface area contributed by atoms with Crippen molar-refractivity contribution in [3.63, 3.8) is 0 Å². The lowest BCUT2D eigenvalue weighted by molar-refractivity contribution is 0.0995. The van der Waals surface area contributed by atoms with Crippen LogP contribution in [-0.4, -0.2) is 16.4 Å². The van der Waals surface area contributed by atoms with Gasteiger partial charge in [-0.1, -0.05) is 11.6 Å². The summed E-state index contributed by atoms with van der Waals surface area (Å²) < 4.78 is 6.96. The maximum atomic E-state index is 12.9. The molecule has 0 radical (unpaired) electrons. The fourth-order valence-electron chi connectivity index (χ4n) is 2.85. The summed E-state index contributed by atoms with van der Waals surface area (Å²) in [6, 6.07) is 14.0. The van der Waals surface area contributed by atoms with Crippen molar-refractivity contribution in [1.29, 1.82) is 0 Å². The van der Waals surface area contributed by atoms with Crippen molar-refractivity contribution >= 4 is 45.4 Å². The van der Waals surface area contributed by atoms with Crippen molar-refractivity contribution < 1.29 is 14.0 Å². The molecule has 1 aromatic carbocycles. The molecule has 2 N–H and O–H groups in total. The molecule has 0 aliphatic carbocycles. The highest BCUT2D eigenvalue weighted by atomic mass is 35.5. The zero-order valence-electron chi connectivity index (χ0n) is 15.3. The molecule has 29 heavy (non-hydrogen) atoms. The maximum Gasteiger partial charge on any atom is 0.291 e. The van der Waals surface area contributed by atoms with Crippen LogP contribution in [0.1, 0.15) is 25.8 Å². The molecule has 0 aliphatic rings. The number of aromatic nitrogens is 1. The quantitative estimate of drug-likeness (QED) is 0.437. The molecule has 0 bridgehead atoms. The first-order valence-electron chi connectivity index (χ1n) is 8.71. The summed E-state index contributed by atoms with van der Waals surface area (Å²) in [5, 5.41) is 6.82. The van der Waals surface area contributed by atoms with Crippen LogP contribution in [0.2, 0.25) is 5.02 Å². The molecule has 0 fully saturated rings. The number of nitrogens with zero attached hydrogens (tertiary/aromatic N) is 1. The molecule has 4 aromatic rings. The molecule has 2 amide bonds. The van der Waals surface area contributed by atoms with E-state index in [1.54, 1.807) is 36.4 Å². The smallest absolute Gasteiger partial charge is 0.291 e. The van der Waals surface area contributed by atoms with Gasteiger partial charge in [0.25, 0.3) is 11.8 Å². The van der Waals surface area contributed by atoms with Gasteiger partial charge in [0.2, 0.25) is 0 Å². The fourth-order valence-corrected chi connectivity index (χ4v) is 3.98. The first-order valence-corrected chi connectivity index (χ1v) is 9.90. The number of thiophene rings is 1. The van der Waals surface area contributed by atoms with E-state index in [1.165, 1.54) is 17.6 Å². The third-order valence-electron chi connectivity index (χ3n) is 4.20. The lowest BCUT2D eigenvalue weighted by Gasteiger charge is -2.12. The summed E-state index contributed by atoms with van der Waals surface area (Å²) in [6.45, 7) is 1.82. The minimum atomic E-state index is -0.365. The second kappa shape index (κ2) is 7.98. The van der Waals surface area contributed by atoms with Gasteiger partial charge in [0.15, 0.2) is 5.76 Å². The first-order chi connectivity index (χ1) is 14.0. The van der Waals surface area contributed by atoms with Crippen LogP contribution in [0.5, 0.6) is 0 Å². The minimum absolute atomic E-state index is 0.208. The van der Waals surface area contributed by atoms with Crippen molar-refractivity contribution in [3.8, 4) is 5.69 Å². The van der Waals surface area contributed by atoms with Crippen LogP contribution < -0.4 is 10.6 Å². The molecule has 6 nitrogen and oxygen atoms in total. The summed E-state index contributed by atoms with van der Waals surface area (Å²) >= 11 is 7.34. The number of carbonyl (C=O) groups is 2. The number of aryl methyl sites for hydroxylation is 1. The van der Waals surface area contributed by atoms with E-state index in [-0.39, 0.29) is 17.6 Å². The molecule has 0 saturated carbocycles. The van der Waals surface area contributed by atoms with Crippen LogP contribution in [0, 0.1) is 6.92 Å². The van der Waals surface area contributed by atoms with E-state index >= 15 is 0 Å². The first kappa shape index (κ1) is 19.0. The van der Waals surface area contributed by atoms with Gasteiger partial charge in [-0.2, -0.15) is 0 Å². The molecule has 8 heteroatoms. The second-order valence-electron chi connectivity index (χ2n) is 6.26. The molecule has 0 saturated heterocycles. The van der Waals surface area contributed by atoms with Gasteiger partial charge in [0.1, 0.15) is 0 Å². The number of hydrogen-bond acceptors (Lipinski definition) is 4. The molecular weight excluding hydrogens is 410 g/mol. The summed E-state index contributed by atoms with van der Waals surface area (Å²) in [5.41, 5.74) is 2.15. The van der Waals surface area contributed by atoms with Crippen LogP contribution in [0.4, 0.5) is 10.7 Å². The highest BCUT2D eigenvalue weighted by Crippen LogP contribution is 2.30. The Kier molecular flexibility index (Phi) is 5.24. The predicted molar refractivity (Wildman–Crippen MR) is 114 cm³/mol. The maximum absolute atomic E-state index is 12.9. The lowest BCUT2D eigenvalue weighted by Crippen LogP contribution is -2.13. The number of furan rings is 1. The van der Waals surface area contributed by atoms with E-state index in [0.29, 0.717) is 20.6 Å². The normalized spacial score (nSPS) is 10.7. The summed E-state index contributed by atoms with van der Waals surface area (Å²) in [5.74, 6) is -0.419. The Morgan fingerprint density at radius 1 is 1.03 bits per heavy atom. The Hall–Kier alpha value is -3.29. The van der Waals surface area contributed by atoms with E-state index in [0.717, 1.165) is 11.3 Å². The van der Waals surface area contributed by atoms with Crippen LogP contribution in [0.15, 0.2) is 71.6 Å². The largest absolute Gasteiger partial charge is 0.459 e. The van der Waals surface area contributed by atoms with E-state index in [4.69, 9.17) is 16.0 Å². The number of amides is 2. The van der Waals surface area contributed by atoms with Crippen LogP contribution in [-0.2, 0) is 0 Å². The van der Waals surface area contributed by atoms with Crippen molar-refractivity contribution in [2.75, 3.05) is 10.6 Å². The van der Waals surface area contributed by atoms with E-state index < -0.39 is 0 Å². The Morgan fingerprint density at radius 3 is 2.55 bits per heavy atom. The number of halogens is 1. The van der Waals surface area contributed by atoms with Crippen molar-refractivity contribution in [3.05, 3.63) is 88.4 Å². The molecule has 0 unspecified atom stereocenters. The van der Waals surface area contributed by atoms with Crippen molar-refractivity contribution in [2.45, 2.75) is 6.92 Å². The molecule has 3 aromatic heterocycles. The van der Waals surface area contributed by atoms with Crippen LogP contribution in [0.25, 0.3) is 5.69 Å². The Labute approximate surface area is 175 Å². The zero-order valence-corrected chi connectivity index (χ0v) is 16.9. The Morgan fingerprint density at radius 2 is 1.83 bits per heavy atom. The van der Waals surface area contributed by atoms with Crippen molar-refractivity contribution in [1.82, 2.24) is 4.57 Å². The summed E-state index contributed by atoms with van der Waals surface area (Å²) in [7, 11) is 0. The van der Waals surface area contributed by atoms with Gasteiger partial charge >= 0.3 is 0 Å². The zero-order chi connectivity index (χ0) is 20.4. The van der Waals surface area contributed by atoms with Crippen molar-refractivity contribution in [2.24, 2.45) is 0 Å². The number of nitrogens with one attached hydrogen (secondary N) is 2. The van der Waals surface area contributed by atoms with Gasteiger partial charge < -0.3 is 19.6 Å². The second-order valence-corrected chi connectivity index (χ2v) is 7.75. The molecular formula is C21H16ClN3O3S. The number of hydrogen-bond donors (Lipinski definition) is 2. The molecule has 3 heterocycles. The standard InChI is InChI=1S/C21H16ClN3O3S/c1-13-11-18(24-20(26)17-5-4-10-28-17)29-19(13)21(27)23-15-7-6-14(22)12-16(15)25-8-2-3-9-25/h2-12H,1H3,(H,23,27)(H,24,26). The SMILES string of the molecule is Cc1cc(NC(=O)c2ccco2)sc1C(=O)Nc1ccc(Cl)cc1-n1cccc1. The number of rotatable bonds is 5. The predicted octanol–water partition coefficient (Wildman–Crippen LogP) is 5.60. The monoisotopic (exact) mass is 425 g/mol. The van der Waals surface area contributed by atoms with E-state index in [2.05, 4.69) is 10.6 Å². The van der Waals surface area contributed by atoms with Gasteiger partial charge in [-0.3, -0.25) is 9.59 Å². The van der Waals surface area contributed by atoms with E-state index in [1.807, 2.05) is 36.0 Å². The lowest BCUT2D eigenvalue weighted by atomic mass is 10.2. The molecule has 4 rings (SSSR count). The van der Waals surface area contributed by atoms with Gasteiger partial charge in [0, 0.05) is 17.4 Å². The highest BCUT2D eigenvalue weighted by Gasteiger charge is 2.18. The molecule has 146 valence electrons. The third kappa shape index (κ3) is 4.11. The number of anilines is 2. The van der Waals surface area contributed by atoms with Gasteiger partial charge in [-0.05, 0) is 61.0 Å². The van der Waals surface area contributed by atoms with Gasteiger partial charge in [-0.15, -0.1) is 11.3 Å². The number of carbonyl (C=O) groups excluding carboxylic acids is 2. The Bertz CT molecular complexity index is 1160. The third-order valence-corrected chi connectivity index (χ3v) is 5.58. The fraction of sp³-hybridized carbons (Fsp3) is 0.0476. The molecule has 0 aliphatic heterocycles. The summed E-state index contributed by atoms with van der Waals surface area (Å²) in [6.07, 6.45) is 5.18. The van der Waals surface area contributed by atoms with Gasteiger partial charge in [0.05, 0.1) is 27.5 Å². The van der Waals surface area contributed by atoms with Crippen LogP contribution in [0.3, 0.4) is 0 Å². The average Bonchev–Trinajstić information content (AvgIpc) is 3.45. The minimum Gasteiger partial charge on any atom is -0.459 e. The number of benzene rings is 1. The Balaban J connectivity index is 1.55.